The first-order valence-corrected chi connectivity index (χ1v) is 38.1. The third kappa shape index (κ3) is 47.3. The maximum atomic E-state index is 5.81. The Bertz CT molecular complexity index is 1690. The number of benzene rings is 1. The molecule has 0 bridgehead atoms. The van der Waals surface area contributed by atoms with Gasteiger partial charge in [-0.15, -0.1) is 0 Å². The molecular weight excluding hydrogens is 1130 g/mol. The van der Waals surface area contributed by atoms with Crippen molar-refractivity contribution in [1.29, 1.82) is 0 Å². The van der Waals surface area contributed by atoms with Crippen LogP contribution in [0.1, 0.15) is 278 Å². The highest BCUT2D eigenvalue weighted by atomic mass is 16.5. The van der Waals surface area contributed by atoms with Gasteiger partial charge >= 0.3 is 0 Å². The Labute approximate surface area is 564 Å². The van der Waals surface area contributed by atoms with Crippen molar-refractivity contribution in [2.45, 2.75) is 383 Å². The minimum atomic E-state index is 0.315. The van der Waals surface area contributed by atoms with E-state index < -0.39 is 0 Å². The summed E-state index contributed by atoms with van der Waals surface area (Å²) in [5, 5.41) is 0. The molecule has 3 aliphatic carbocycles. The zero-order valence-electron chi connectivity index (χ0n) is 63.7. The Morgan fingerprint density at radius 2 is 0.681 bits per heavy atom. The van der Waals surface area contributed by atoms with E-state index >= 15 is 0 Å². The standard InChI is InChI=1S/C11H21NO.C11H23NO.C10H21NO.C10H14O.2C9H19NO.2C9H18O/c1-9(2)13-11-5-7-12(8-6-11)10-3-4-10;1-9(2)12-7-5-11(6-8-12)13-10(3)4;1-4-11-7-5-10(6-8-11)12-9(2)3;1-9(2)11-8-10-6-4-3-5-7-10;1-8(2)11-9-4-6-10(3)7-5-9;1-8(2)11-9-5-4-6-10(3)7-9;2*1-8(2)10-9-6-4-3-5-7-9/h9-11H,3-8H2,1-2H3;9-11H,5-8H2,1-4H3;9-10H,4-8H2,1-3H3;3-7,9H,8H2,1-2H3;2*8-9H,4-7H2,1-3H3;2*8-9H,3-7H2,1-2H3. The van der Waals surface area contributed by atoms with E-state index in [0.717, 1.165) is 19.2 Å². The lowest BCUT2D eigenvalue weighted by molar-refractivity contribution is -0.0310. The Balaban J connectivity index is 0.000000355. The van der Waals surface area contributed by atoms with Crippen molar-refractivity contribution < 1.29 is 37.9 Å². The van der Waals surface area contributed by atoms with Gasteiger partial charge in [-0.05, 0) is 260 Å². The molecule has 0 spiro atoms. The number of likely N-dealkylation sites (N-methyl/N-ethyl adjacent to an activating group) is 1. The van der Waals surface area contributed by atoms with E-state index in [2.05, 4.69) is 168 Å². The maximum Gasteiger partial charge on any atom is 0.0720 e. The minimum absolute atomic E-state index is 0.315. The van der Waals surface area contributed by atoms with Crippen LogP contribution in [0.3, 0.4) is 0 Å². The summed E-state index contributed by atoms with van der Waals surface area (Å²) in [5.74, 6) is 0. The number of likely N-dealkylation sites (tertiary alicyclic amines) is 5. The zero-order valence-corrected chi connectivity index (χ0v) is 63.7. The number of rotatable bonds is 20. The Morgan fingerprint density at radius 3 is 1.02 bits per heavy atom. The average molecular weight is 1290 g/mol. The van der Waals surface area contributed by atoms with Crippen molar-refractivity contribution >= 4 is 0 Å². The fourth-order valence-corrected chi connectivity index (χ4v) is 13.0. The minimum Gasteiger partial charge on any atom is -0.376 e. The molecule has 13 heteroatoms. The van der Waals surface area contributed by atoms with Gasteiger partial charge in [0.25, 0.3) is 0 Å². The van der Waals surface area contributed by atoms with Gasteiger partial charge in [-0.2, -0.15) is 0 Å². The van der Waals surface area contributed by atoms with Crippen molar-refractivity contribution in [3.63, 3.8) is 0 Å². The summed E-state index contributed by atoms with van der Waals surface area (Å²) in [4.78, 5) is 12.4. The van der Waals surface area contributed by atoms with Gasteiger partial charge in [0.15, 0.2) is 0 Å². The lowest BCUT2D eigenvalue weighted by atomic mass is 9.98. The second-order valence-electron chi connectivity index (χ2n) is 30.1. The van der Waals surface area contributed by atoms with E-state index in [1.54, 1.807) is 0 Å². The normalized spacial score (nSPS) is 22.1. The highest BCUT2D eigenvalue weighted by Gasteiger charge is 2.32. The molecule has 8 fully saturated rings. The van der Waals surface area contributed by atoms with Gasteiger partial charge in [0, 0.05) is 71.0 Å². The third-order valence-corrected chi connectivity index (χ3v) is 17.8. The van der Waals surface area contributed by atoms with Crippen molar-refractivity contribution in [3.05, 3.63) is 35.9 Å². The van der Waals surface area contributed by atoms with Crippen LogP contribution in [0.4, 0.5) is 0 Å². The van der Waals surface area contributed by atoms with Gasteiger partial charge < -0.3 is 62.4 Å². The molecule has 1 aromatic rings. The van der Waals surface area contributed by atoms with E-state index in [-0.39, 0.29) is 0 Å². The lowest BCUT2D eigenvalue weighted by Crippen LogP contribution is -2.41. The largest absolute Gasteiger partial charge is 0.376 e. The number of nitrogens with zero attached hydrogens (tertiary/aromatic N) is 5. The fraction of sp³-hybridized carbons (Fsp3) is 0.923. The van der Waals surface area contributed by atoms with Crippen molar-refractivity contribution in [2.75, 3.05) is 86.1 Å². The first kappa shape index (κ1) is 85.8. The summed E-state index contributed by atoms with van der Waals surface area (Å²) >= 11 is 0. The smallest absolute Gasteiger partial charge is 0.0720 e. The van der Waals surface area contributed by atoms with Crippen molar-refractivity contribution in [3.8, 4) is 0 Å². The number of ether oxygens (including phenoxy) is 8. The number of hydrogen-bond donors (Lipinski definition) is 0. The maximum absolute atomic E-state index is 5.81. The molecule has 1 aromatic carbocycles. The van der Waals surface area contributed by atoms with Gasteiger partial charge in [-0.3, -0.25) is 0 Å². The van der Waals surface area contributed by atoms with Gasteiger partial charge in [-0.25, -0.2) is 0 Å². The van der Waals surface area contributed by atoms with Crippen LogP contribution in [-0.2, 0) is 44.5 Å². The monoisotopic (exact) mass is 1290 g/mol. The first-order valence-electron chi connectivity index (χ1n) is 38.1. The highest BCUT2D eigenvalue weighted by molar-refractivity contribution is 5.13. The molecule has 0 radical (unpaired) electrons. The van der Waals surface area contributed by atoms with Crippen LogP contribution in [-0.4, -0.2) is 214 Å². The van der Waals surface area contributed by atoms with E-state index in [9.17, 15) is 0 Å². The second kappa shape index (κ2) is 51.9. The van der Waals surface area contributed by atoms with Gasteiger partial charge in [0.05, 0.1) is 98.2 Å². The van der Waals surface area contributed by atoms with Gasteiger partial charge in [-0.1, -0.05) is 75.8 Å². The third-order valence-electron chi connectivity index (χ3n) is 17.8. The number of piperidine rings is 5. The molecular formula is C78H153N5O8. The molecule has 1 unspecified atom stereocenters. The molecule has 0 aromatic heterocycles. The van der Waals surface area contributed by atoms with Crippen LogP contribution >= 0.6 is 0 Å². The molecule has 5 aliphatic heterocycles. The van der Waals surface area contributed by atoms with E-state index in [4.69, 9.17) is 37.9 Å². The summed E-state index contributed by atoms with van der Waals surface area (Å²) in [7, 11) is 4.33. The van der Waals surface area contributed by atoms with Gasteiger partial charge in [0.1, 0.15) is 0 Å². The van der Waals surface area contributed by atoms with Crippen LogP contribution in [0.15, 0.2) is 30.3 Å². The Kier molecular flexibility index (Phi) is 48.9. The first-order chi connectivity index (χ1) is 43.3. The van der Waals surface area contributed by atoms with Crippen molar-refractivity contribution in [1.82, 2.24) is 24.5 Å². The average Bonchev–Trinajstić information content (AvgIpc) is 2.22. The SMILES string of the molecule is CC(C)OC1CCCCC1.CC(C)OC1CCCCC1.CC(C)OC1CCCN(C)C1.CC(C)OC1CCN(C(C)C)CC1.CC(C)OC1CCN(C)CC1.CC(C)OC1CCN(C2CC2)CC1.CC(C)OCc1ccccc1.CCN1CCC(OC(C)C)CC1. The molecule has 5 saturated heterocycles. The van der Waals surface area contributed by atoms with E-state index in [0.29, 0.717) is 97.6 Å². The van der Waals surface area contributed by atoms with Crippen LogP contribution in [0.25, 0.3) is 0 Å². The van der Waals surface area contributed by atoms with Crippen LogP contribution in [0.2, 0.25) is 0 Å². The Hall–Kier alpha value is -1.30. The molecule has 9 rings (SSSR count). The predicted octanol–water partition coefficient (Wildman–Crippen LogP) is 17.3. The lowest BCUT2D eigenvalue weighted by Gasteiger charge is -2.35. The summed E-state index contributed by atoms with van der Waals surface area (Å²) in [6.45, 7) is 54.5. The topological polar surface area (TPSA) is 90.0 Å². The highest BCUT2D eigenvalue weighted by Crippen LogP contribution is 2.30. The summed E-state index contributed by atoms with van der Waals surface area (Å²) in [6, 6.07) is 11.8. The summed E-state index contributed by atoms with van der Waals surface area (Å²) in [6.07, 6.45) is 35.4. The molecule has 5 heterocycles. The second-order valence-corrected chi connectivity index (χ2v) is 30.1. The zero-order chi connectivity index (χ0) is 67.5. The molecule has 3 saturated carbocycles. The molecule has 538 valence electrons. The Morgan fingerprint density at radius 1 is 0.341 bits per heavy atom. The quantitative estimate of drug-likeness (QED) is 0.124. The molecule has 0 N–H and O–H groups in total. The molecule has 0 amide bonds. The summed E-state index contributed by atoms with van der Waals surface area (Å²) in [5.41, 5.74) is 1.24. The van der Waals surface area contributed by atoms with Crippen LogP contribution < -0.4 is 0 Å². The summed E-state index contributed by atoms with van der Waals surface area (Å²) < 4.78 is 45.6. The molecule has 8 aliphatic rings. The molecule has 91 heavy (non-hydrogen) atoms. The van der Waals surface area contributed by atoms with E-state index in [1.807, 2.05) is 32.0 Å². The molecule has 1 atom stereocenters. The van der Waals surface area contributed by atoms with Crippen molar-refractivity contribution in [2.24, 2.45) is 0 Å². The predicted molar refractivity (Wildman–Crippen MR) is 387 cm³/mol. The molecule has 13 nitrogen and oxygen atoms in total. The van der Waals surface area contributed by atoms with Gasteiger partial charge in [0.2, 0.25) is 0 Å². The van der Waals surface area contributed by atoms with E-state index in [1.165, 1.54) is 212 Å². The van der Waals surface area contributed by atoms with Crippen LogP contribution in [0, 0.1) is 0 Å². The number of hydrogen-bond acceptors (Lipinski definition) is 13. The van der Waals surface area contributed by atoms with Crippen LogP contribution in [0.5, 0.6) is 0 Å². The fourth-order valence-electron chi connectivity index (χ4n) is 13.0.